The number of carbonyl (C=O) groups is 1. The van der Waals surface area contributed by atoms with Gasteiger partial charge in [0.15, 0.2) is 17.6 Å². The molecule has 5 N–H and O–H groups in total. The number of fused-ring (bicyclic) bond motifs is 5. The molecular formula is C25H35NO9. The van der Waals surface area contributed by atoms with Crippen LogP contribution in [0.1, 0.15) is 67.6 Å². The van der Waals surface area contributed by atoms with E-state index < -0.39 is 48.8 Å². The quantitative estimate of drug-likeness (QED) is 0.387. The van der Waals surface area contributed by atoms with Gasteiger partial charge in [0, 0.05) is 30.3 Å². The van der Waals surface area contributed by atoms with Crippen molar-refractivity contribution in [3.63, 3.8) is 0 Å². The summed E-state index contributed by atoms with van der Waals surface area (Å²) in [6, 6.07) is 0.271. The topological polar surface area (TPSA) is 149 Å². The van der Waals surface area contributed by atoms with Gasteiger partial charge in [0.05, 0.1) is 19.3 Å². The fraction of sp³-hybridized carbons (Fsp3) is 0.720. The van der Waals surface area contributed by atoms with Crippen LogP contribution in [0.2, 0.25) is 0 Å². The van der Waals surface area contributed by atoms with Crippen LogP contribution in [-0.2, 0) is 16.0 Å². The lowest BCUT2D eigenvalue weighted by atomic mass is 9.65. The summed E-state index contributed by atoms with van der Waals surface area (Å²) in [4.78, 5) is 15.5. The van der Waals surface area contributed by atoms with Gasteiger partial charge in [-0.3, -0.25) is 4.90 Å². The van der Waals surface area contributed by atoms with E-state index in [4.69, 9.17) is 14.2 Å². The fourth-order valence-corrected chi connectivity index (χ4v) is 7.23. The molecule has 2 bridgehead atoms. The molecule has 5 rings (SSSR count). The molecule has 4 aliphatic rings. The Morgan fingerprint density at radius 1 is 1.11 bits per heavy atom. The maximum Gasteiger partial charge on any atom is 0.339 e. The molecule has 7 atom stereocenters. The number of aliphatic hydroxyl groups is 3. The van der Waals surface area contributed by atoms with Gasteiger partial charge in [-0.15, -0.1) is 0 Å². The molecule has 0 radical (unpaired) electrons. The monoisotopic (exact) mass is 493 g/mol. The number of likely N-dealkylation sites (tertiary alicyclic amines) is 1. The van der Waals surface area contributed by atoms with Crippen molar-refractivity contribution in [3.05, 3.63) is 16.7 Å². The molecule has 1 saturated carbocycles. The van der Waals surface area contributed by atoms with Gasteiger partial charge in [0.25, 0.3) is 0 Å². The molecule has 1 aliphatic carbocycles. The van der Waals surface area contributed by atoms with E-state index >= 15 is 0 Å². The van der Waals surface area contributed by atoms with Crippen molar-refractivity contribution in [2.45, 2.75) is 83.1 Å². The molecule has 2 saturated heterocycles. The number of esters is 1. The lowest BCUT2D eigenvalue weighted by Crippen LogP contribution is -2.58. The molecule has 1 aromatic carbocycles. The summed E-state index contributed by atoms with van der Waals surface area (Å²) in [7, 11) is 1.30. The Kier molecular flexibility index (Phi) is 5.76. The minimum absolute atomic E-state index is 0.0222. The summed E-state index contributed by atoms with van der Waals surface area (Å²) >= 11 is 0. The zero-order chi connectivity index (χ0) is 25.4. The average Bonchev–Trinajstić information content (AvgIpc) is 3.01. The van der Waals surface area contributed by atoms with Crippen molar-refractivity contribution in [1.29, 1.82) is 0 Å². The van der Waals surface area contributed by atoms with Crippen LogP contribution < -0.4 is 4.74 Å². The SMILES string of the molecule is COc1c(O)c(CN2C[C@]3(C)C[C@H]2CC(C)(C)C3)c2c(c1O)[C@H]1O[C@H](CO)[C@@H](O)[C@H](O)[C@H]1OC2=O. The van der Waals surface area contributed by atoms with Crippen molar-refractivity contribution in [1.82, 2.24) is 4.90 Å². The first kappa shape index (κ1) is 24.6. The molecule has 0 amide bonds. The average molecular weight is 494 g/mol. The Labute approximate surface area is 204 Å². The fourth-order valence-electron chi connectivity index (χ4n) is 7.23. The number of carbonyl (C=O) groups excluding carboxylic acids is 1. The maximum absolute atomic E-state index is 13.2. The van der Waals surface area contributed by atoms with Crippen LogP contribution in [0.5, 0.6) is 17.2 Å². The largest absolute Gasteiger partial charge is 0.504 e. The minimum Gasteiger partial charge on any atom is -0.504 e. The number of hydrogen-bond acceptors (Lipinski definition) is 10. The highest BCUT2D eigenvalue weighted by Gasteiger charge is 2.54. The first-order valence-electron chi connectivity index (χ1n) is 12.1. The number of aromatic hydroxyl groups is 2. The summed E-state index contributed by atoms with van der Waals surface area (Å²) < 4.78 is 16.6. The van der Waals surface area contributed by atoms with E-state index in [9.17, 15) is 30.3 Å². The molecule has 35 heavy (non-hydrogen) atoms. The summed E-state index contributed by atoms with van der Waals surface area (Å²) in [5.74, 6) is -1.88. The Bertz CT molecular complexity index is 1040. The van der Waals surface area contributed by atoms with E-state index in [1.807, 2.05) is 0 Å². The Morgan fingerprint density at radius 3 is 2.49 bits per heavy atom. The number of phenolic OH excluding ortho intramolecular Hbond substituents is 2. The molecule has 1 aromatic rings. The number of nitrogens with zero attached hydrogens (tertiary/aromatic N) is 1. The van der Waals surface area contributed by atoms with Gasteiger partial charge < -0.3 is 39.7 Å². The molecule has 10 nitrogen and oxygen atoms in total. The standard InChI is InChI=1S/C25H35NO9/c1-24(2)5-11-6-25(3,9-24)10-26(11)7-12-14-15(18(30)21(33-4)16(12)28)20-22(35-23(14)32)19(31)17(29)13(8-27)34-20/h11,13,17,19-20,22,27-31H,5-10H2,1-4H3/t11-,13-,17-,19+,20-,22-,25-/m1/s1. The zero-order valence-electron chi connectivity index (χ0n) is 20.5. The highest BCUT2D eigenvalue weighted by molar-refractivity contribution is 5.97. The second-order valence-electron chi connectivity index (χ2n) is 11.7. The molecule has 3 heterocycles. The molecule has 3 fully saturated rings. The van der Waals surface area contributed by atoms with Crippen molar-refractivity contribution in [2.75, 3.05) is 20.3 Å². The molecule has 0 aromatic heterocycles. The second kappa shape index (κ2) is 8.21. The Balaban J connectivity index is 1.60. The van der Waals surface area contributed by atoms with Crippen molar-refractivity contribution < 1.29 is 44.5 Å². The van der Waals surface area contributed by atoms with Gasteiger partial charge >= 0.3 is 5.97 Å². The van der Waals surface area contributed by atoms with Crippen molar-refractivity contribution in [3.8, 4) is 17.2 Å². The van der Waals surface area contributed by atoms with E-state index in [1.165, 1.54) is 7.11 Å². The lowest BCUT2D eigenvalue weighted by molar-refractivity contribution is -0.235. The number of hydrogen-bond donors (Lipinski definition) is 5. The van der Waals surface area contributed by atoms with Crippen LogP contribution in [0.15, 0.2) is 0 Å². The molecule has 10 heteroatoms. The third kappa shape index (κ3) is 3.77. The van der Waals surface area contributed by atoms with Crippen molar-refractivity contribution >= 4 is 5.97 Å². The normalized spacial score (nSPS) is 38.0. The third-order valence-electron chi connectivity index (χ3n) is 8.23. The molecule has 0 spiro atoms. The van der Waals surface area contributed by atoms with Crippen molar-refractivity contribution in [2.24, 2.45) is 10.8 Å². The first-order chi connectivity index (χ1) is 16.4. The van der Waals surface area contributed by atoms with E-state index in [1.54, 1.807) is 0 Å². The minimum atomic E-state index is -1.54. The maximum atomic E-state index is 13.2. The smallest absolute Gasteiger partial charge is 0.339 e. The van der Waals surface area contributed by atoms with E-state index in [2.05, 4.69) is 25.7 Å². The van der Waals surface area contributed by atoms with E-state index in [0.29, 0.717) is 0 Å². The number of rotatable bonds is 4. The van der Waals surface area contributed by atoms with Crippen LogP contribution in [0, 0.1) is 10.8 Å². The number of methoxy groups -OCH3 is 1. The molecule has 3 aliphatic heterocycles. The van der Waals surface area contributed by atoms with Crippen LogP contribution in [0.4, 0.5) is 0 Å². The predicted molar refractivity (Wildman–Crippen MR) is 122 cm³/mol. The van der Waals surface area contributed by atoms with E-state index in [0.717, 1.165) is 25.8 Å². The summed E-state index contributed by atoms with van der Waals surface area (Å²) in [6.07, 6.45) is -3.55. The zero-order valence-corrected chi connectivity index (χ0v) is 20.5. The van der Waals surface area contributed by atoms with Gasteiger partial charge in [0.2, 0.25) is 5.75 Å². The summed E-state index contributed by atoms with van der Waals surface area (Å²) in [6.45, 7) is 7.25. The van der Waals surface area contributed by atoms with Gasteiger partial charge in [-0.25, -0.2) is 4.79 Å². The predicted octanol–water partition coefficient (Wildman–Crippen LogP) is 1.20. The van der Waals surface area contributed by atoms with Gasteiger partial charge in [-0.2, -0.15) is 0 Å². The number of aliphatic hydroxyl groups excluding tert-OH is 3. The van der Waals surface area contributed by atoms with Crippen LogP contribution in [0.3, 0.4) is 0 Å². The number of ether oxygens (including phenoxy) is 3. The van der Waals surface area contributed by atoms with Crippen LogP contribution >= 0.6 is 0 Å². The summed E-state index contributed by atoms with van der Waals surface area (Å²) in [5, 5.41) is 52.6. The third-order valence-corrected chi connectivity index (χ3v) is 8.23. The van der Waals surface area contributed by atoms with E-state index in [-0.39, 0.29) is 51.6 Å². The molecule has 0 unspecified atom stereocenters. The highest BCUT2D eigenvalue weighted by Crippen LogP contribution is 2.55. The molecule has 194 valence electrons. The number of phenols is 2. The molecular weight excluding hydrogens is 458 g/mol. The second-order valence-corrected chi connectivity index (χ2v) is 11.7. The van der Waals surface area contributed by atoms with Gasteiger partial charge in [0.1, 0.15) is 24.4 Å². The van der Waals surface area contributed by atoms with Gasteiger partial charge in [-0.05, 0) is 30.1 Å². The highest BCUT2D eigenvalue weighted by atomic mass is 16.6. The lowest BCUT2D eigenvalue weighted by Gasteiger charge is -2.45. The van der Waals surface area contributed by atoms with Gasteiger partial charge in [-0.1, -0.05) is 20.8 Å². The Hall–Kier alpha value is -2.11. The summed E-state index contributed by atoms with van der Waals surface area (Å²) in [5.41, 5.74) is 0.549. The van der Waals surface area contributed by atoms with Crippen LogP contribution in [0.25, 0.3) is 0 Å². The Morgan fingerprint density at radius 2 is 1.83 bits per heavy atom. The van der Waals surface area contributed by atoms with Crippen LogP contribution in [-0.4, -0.2) is 87.1 Å². The first-order valence-corrected chi connectivity index (χ1v) is 12.1. The number of benzene rings is 1.